The minimum Gasteiger partial charge on any atom is -0.494 e. The molecule has 1 saturated heterocycles. The van der Waals surface area contributed by atoms with E-state index in [9.17, 15) is 14.4 Å². The molecule has 0 radical (unpaired) electrons. The van der Waals surface area contributed by atoms with Gasteiger partial charge < -0.3 is 20.3 Å². The summed E-state index contributed by atoms with van der Waals surface area (Å²) in [6, 6.07) is 14.6. The number of anilines is 2. The van der Waals surface area contributed by atoms with Gasteiger partial charge in [-0.2, -0.15) is 0 Å². The third-order valence-corrected chi connectivity index (χ3v) is 6.24. The van der Waals surface area contributed by atoms with Crippen LogP contribution in [0.4, 0.5) is 11.4 Å². The van der Waals surface area contributed by atoms with Gasteiger partial charge in [0.25, 0.3) is 5.91 Å². The summed E-state index contributed by atoms with van der Waals surface area (Å²) in [4.78, 5) is 40.0. The number of hydrogen-bond acceptors (Lipinski definition) is 4. The number of para-hydroxylation sites is 1. The minimum absolute atomic E-state index is 0.0929. The average molecular weight is 450 g/mol. The lowest BCUT2D eigenvalue weighted by atomic mass is 10.1. The lowest BCUT2D eigenvalue weighted by Crippen LogP contribution is -2.34. The fourth-order valence-corrected chi connectivity index (χ4v) is 4.43. The maximum absolute atomic E-state index is 13.0. The first-order chi connectivity index (χ1) is 16.0. The van der Waals surface area contributed by atoms with Crippen LogP contribution in [0, 0.1) is 5.92 Å². The van der Waals surface area contributed by atoms with Crippen molar-refractivity contribution in [2.24, 2.45) is 5.92 Å². The topological polar surface area (TPSA) is 87.7 Å². The summed E-state index contributed by atoms with van der Waals surface area (Å²) in [6.45, 7) is 2.99. The standard InChI is InChI=1S/C26H31N3O4/c1-2-15-33-21-13-11-20(12-14-21)29-17-18(16-24(29)30)25(31)28-23-10-6-5-9-22(23)26(32)27-19-7-3-4-8-19/h5-6,9-14,18-19H,2-4,7-8,15-17H2,1H3,(H,27,32)(H,28,31)/t18-/m1/s1. The first-order valence-electron chi connectivity index (χ1n) is 11.8. The number of carbonyl (C=O) groups excluding carboxylic acids is 3. The van der Waals surface area contributed by atoms with E-state index < -0.39 is 5.92 Å². The van der Waals surface area contributed by atoms with Gasteiger partial charge in [-0.1, -0.05) is 31.9 Å². The highest BCUT2D eigenvalue weighted by atomic mass is 16.5. The maximum Gasteiger partial charge on any atom is 0.253 e. The third-order valence-electron chi connectivity index (χ3n) is 6.24. The van der Waals surface area contributed by atoms with Gasteiger partial charge in [0.1, 0.15) is 5.75 Å². The van der Waals surface area contributed by atoms with E-state index in [0.717, 1.165) is 43.5 Å². The highest BCUT2D eigenvalue weighted by Crippen LogP contribution is 2.28. The van der Waals surface area contributed by atoms with Gasteiger partial charge in [0.2, 0.25) is 11.8 Å². The number of nitrogens with zero attached hydrogens (tertiary/aromatic N) is 1. The molecule has 2 aromatic rings. The molecule has 2 N–H and O–H groups in total. The molecule has 1 aliphatic carbocycles. The molecule has 1 atom stereocenters. The molecule has 3 amide bonds. The molecule has 0 spiro atoms. The summed E-state index contributed by atoms with van der Waals surface area (Å²) in [5.41, 5.74) is 1.67. The van der Waals surface area contributed by atoms with Crippen molar-refractivity contribution in [2.45, 2.75) is 51.5 Å². The number of ether oxygens (including phenoxy) is 1. The third kappa shape index (κ3) is 5.53. The van der Waals surface area contributed by atoms with Crippen molar-refractivity contribution in [1.29, 1.82) is 0 Å². The predicted octanol–water partition coefficient (Wildman–Crippen LogP) is 4.14. The van der Waals surface area contributed by atoms with Gasteiger partial charge in [0, 0.05) is 24.7 Å². The fraction of sp³-hybridized carbons (Fsp3) is 0.423. The summed E-state index contributed by atoms with van der Waals surface area (Å²) >= 11 is 0. The predicted molar refractivity (Wildman–Crippen MR) is 127 cm³/mol. The molecule has 2 aromatic carbocycles. The molecule has 4 rings (SSSR count). The van der Waals surface area contributed by atoms with Crippen LogP contribution in [-0.2, 0) is 9.59 Å². The number of carbonyl (C=O) groups is 3. The molecular weight excluding hydrogens is 418 g/mol. The van der Waals surface area contributed by atoms with Crippen LogP contribution in [-0.4, -0.2) is 36.9 Å². The van der Waals surface area contributed by atoms with E-state index in [-0.39, 0.29) is 30.2 Å². The lowest BCUT2D eigenvalue weighted by Gasteiger charge is -2.18. The Hall–Kier alpha value is -3.35. The van der Waals surface area contributed by atoms with Crippen LogP contribution in [0.15, 0.2) is 48.5 Å². The monoisotopic (exact) mass is 449 g/mol. The molecule has 1 saturated carbocycles. The number of amides is 3. The zero-order chi connectivity index (χ0) is 23.2. The SMILES string of the molecule is CCCOc1ccc(N2C[C@H](C(=O)Nc3ccccc3C(=O)NC3CCCC3)CC2=O)cc1. The highest BCUT2D eigenvalue weighted by molar-refractivity contribution is 6.07. The number of rotatable bonds is 8. The van der Waals surface area contributed by atoms with Crippen LogP contribution in [0.3, 0.4) is 0 Å². The Balaban J connectivity index is 1.39. The van der Waals surface area contributed by atoms with Crippen molar-refractivity contribution in [2.75, 3.05) is 23.4 Å². The Morgan fingerprint density at radius 1 is 1.06 bits per heavy atom. The van der Waals surface area contributed by atoms with Crippen molar-refractivity contribution in [3.63, 3.8) is 0 Å². The molecule has 2 aliphatic rings. The van der Waals surface area contributed by atoms with E-state index in [1.807, 2.05) is 31.2 Å². The van der Waals surface area contributed by atoms with E-state index >= 15 is 0 Å². The largest absolute Gasteiger partial charge is 0.494 e. The molecule has 1 aliphatic heterocycles. The highest BCUT2D eigenvalue weighted by Gasteiger charge is 2.35. The second-order valence-corrected chi connectivity index (χ2v) is 8.74. The van der Waals surface area contributed by atoms with Gasteiger partial charge >= 0.3 is 0 Å². The molecule has 7 nitrogen and oxygen atoms in total. The van der Waals surface area contributed by atoms with E-state index in [0.29, 0.717) is 24.4 Å². The van der Waals surface area contributed by atoms with Crippen LogP contribution in [0.1, 0.15) is 55.8 Å². The zero-order valence-electron chi connectivity index (χ0n) is 19.0. The molecule has 0 bridgehead atoms. The van der Waals surface area contributed by atoms with E-state index in [2.05, 4.69) is 10.6 Å². The number of benzene rings is 2. The lowest BCUT2D eigenvalue weighted by molar-refractivity contribution is -0.122. The summed E-state index contributed by atoms with van der Waals surface area (Å²) in [7, 11) is 0. The second kappa shape index (κ2) is 10.5. The van der Waals surface area contributed by atoms with Crippen LogP contribution < -0.4 is 20.3 Å². The molecule has 0 aromatic heterocycles. The molecule has 174 valence electrons. The normalized spacial score (nSPS) is 18.4. The Bertz CT molecular complexity index is 999. The minimum atomic E-state index is -0.487. The molecule has 1 heterocycles. The van der Waals surface area contributed by atoms with Gasteiger partial charge in [0.15, 0.2) is 0 Å². The summed E-state index contributed by atoms with van der Waals surface area (Å²) in [6.07, 6.45) is 5.30. The Morgan fingerprint density at radius 3 is 2.52 bits per heavy atom. The van der Waals surface area contributed by atoms with Crippen LogP contribution >= 0.6 is 0 Å². The van der Waals surface area contributed by atoms with Crippen molar-refractivity contribution >= 4 is 29.1 Å². The van der Waals surface area contributed by atoms with Gasteiger partial charge in [-0.05, 0) is 55.7 Å². The van der Waals surface area contributed by atoms with E-state index in [4.69, 9.17) is 4.74 Å². The average Bonchev–Trinajstić information content (AvgIpc) is 3.48. The van der Waals surface area contributed by atoms with Gasteiger partial charge in [-0.25, -0.2) is 0 Å². The Morgan fingerprint density at radius 2 is 1.79 bits per heavy atom. The first-order valence-corrected chi connectivity index (χ1v) is 11.8. The Labute approximate surface area is 194 Å². The van der Waals surface area contributed by atoms with Crippen molar-refractivity contribution < 1.29 is 19.1 Å². The van der Waals surface area contributed by atoms with Crippen LogP contribution in [0.5, 0.6) is 5.75 Å². The first kappa shape index (κ1) is 22.8. The van der Waals surface area contributed by atoms with E-state index in [1.54, 1.807) is 29.2 Å². The number of nitrogens with one attached hydrogen (secondary N) is 2. The second-order valence-electron chi connectivity index (χ2n) is 8.74. The van der Waals surface area contributed by atoms with Crippen LogP contribution in [0.2, 0.25) is 0 Å². The maximum atomic E-state index is 13.0. The molecular formula is C26H31N3O4. The summed E-state index contributed by atoms with van der Waals surface area (Å²) < 4.78 is 5.60. The van der Waals surface area contributed by atoms with Gasteiger partial charge in [-0.15, -0.1) is 0 Å². The fourth-order valence-electron chi connectivity index (χ4n) is 4.43. The van der Waals surface area contributed by atoms with Crippen molar-refractivity contribution in [1.82, 2.24) is 5.32 Å². The van der Waals surface area contributed by atoms with Crippen molar-refractivity contribution in [3.8, 4) is 5.75 Å². The smallest absolute Gasteiger partial charge is 0.253 e. The summed E-state index contributed by atoms with van der Waals surface area (Å²) in [5, 5.41) is 5.95. The van der Waals surface area contributed by atoms with Gasteiger partial charge in [0.05, 0.1) is 23.8 Å². The molecule has 0 unspecified atom stereocenters. The zero-order valence-corrected chi connectivity index (χ0v) is 19.0. The van der Waals surface area contributed by atoms with Crippen LogP contribution in [0.25, 0.3) is 0 Å². The molecule has 2 fully saturated rings. The molecule has 7 heteroatoms. The summed E-state index contributed by atoms with van der Waals surface area (Å²) in [5.74, 6) is -0.250. The molecule has 33 heavy (non-hydrogen) atoms. The quantitative estimate of drug-likeness (QED) is 0.634. The van der Waals surface area contributed by atoms with Gasteiger partial charge in [-0.3, -0.25) is 14.4 Å². The van der Waals surface area contributed by atoms with E-state index in [1.165, 1.54) is 0 Å². The Kier molecular flexibility index (Phi) is 7.27. The number of hydrogen-bond donors (Lipinski definition) is 2. The van der Waals surface area contributed by atoms with Crippen molar-refractivity contribution in [3.05, 3.63) is 54.1 Å².